The van der Waals surface area contributed by atoms with Crippen molar-refractivity contribution in [2.24, 2.45) is 16.3 Å². The van der Waals surface area contributed by atoms with E-state index in [0.717, 1.165) is 30.4 Å². The molecule has 1 aliphatic rings. The Kier molecular flexibility index (Phi) is 7.64. The number of aliphatic imine (C=N–C) groups is 1. The van der Waals surface area contributed by atoms with Crippen LogP contribution in [0.4, 0.5) is 10.7 Å². The van der Waals surface area contributed by atoms with E-state index in [2.05, 4.69) is 32.0 Å². The van der Waals surface area contributed by atoms with Crippen molar-refractivity contribution in [2.45, 2.75) is 40.0 Å². The number of terminal acetylenes is 1. The van der Waals surface area contributed by atoms with Crippen LogP contribution >= 0.6 is 22.9 Å². The van der Waals surface area contributed by atoms with Crippen LogP contribution in [0.25, 0.3) is 0 Å². The van der Waals surface area contributed by atoms with Gasteiger partial charge in [-0.15, -0.1) is 17.8 Å². The molecule has 0 saturated carbocycles. The number of nitrogens with zero attached hydrogens (tertiary/aromatic N) is 1. The summed E-state index contributed by atoms with van der Waals surface area (Å²) in [5.74, 6) is 3.57. The van der Waals surface area contributed by atoms with Gasteiger partial charge in [0, 0.05) is 27.4 Å². The van der Waals surface area contributed by atoms with Gasteiger partial charge in [-0.25, -0.2) is 4.99 Å². The molecule has 1 N–H and O–H groups in total. The number of nitrogens with one attached hydrogen (secondary N) is 1. The molecule has 3 aromatic rings. The second-order valence-electron chi connectivity index (χ2n) is 9.74. The van der Waals surface area contributed by atoms with Crippen LogP contribution in [0, 0.1) is 23.7 Å². The Bertz CT molecular complexity index is 1280. The Labute approximate surface area is 216 Å². The van der Waals surface area contributed by atoms with Crippen molar-refractivity contribution in [3.8, 4) is 18.1 Å². The first-order valence-electron chi connectivity index (χ1n) is 11.7. The van der Waals surface area contributed by atoms with E-state index < -0.39 is 0 Å². The molecule has 0 bridgehead atoms. The van der Waals surface area contributed by atoms with E-state index >= 15 is 0 Å². The number of amides is 1. The normalized spacial score (nSPS) is 15.5. The molecule has 0 unspecified atom stereocenters. The summed E-state index contributed by atoms with van der Waals surface area (Å²) < 4.78 is 5.66. The molecule has 1 heterocycles. The van der Waals surface area contributed by atoms with Gasteiger partial charge in [-0.05, 0) is 72.6 Å². The number of ether oxygens (including phenoxy) is 1. The second-order valence-corrected chi connectivity index (χ2v) is 11.3. The number of anilines is 1. The van der Waals surface area contributed by atoms with Crippen molar-refractivity contribution in [3.63, 3.8) is 0 Å². The van der Waals surface area contributed by atoms with Crippen LogP contribution < -0.4 is 10.1 Å². The van der Waals surface area contributed by atoms with Crippen LogP contribution in [0.1, 0.15) is 53.6 Å². The van der Waals surface area contributed by atoms with Crippen LogP contribution in [0.3, 0.4) is 0 Å². The third-order valence-corrected chi connectivity index (χ3v) is 7.77. The van der Waals surface area contributed by atoms with Gasteiger partial charge in [0.15, 0.2) is 0 Å². The average molecular weight is 505 g/mol. The van der Waals surface area contributed by atoms with Gasteiger partial charge < -0.3 is 10.1 Å². The Morgan fingerprint density at radius 2 is 2.00 bits per heavy atom. The molecule has 4 rings (SSSR count). The van der Waals surface area contributed by atoms with Gasteiger partial charge in [0.1, 0.15) is 17.4 Å². The number of rotatable bonds is 6. The molecule has 0 saturated heterocycles. The highest BCUT2D eigenvalue weighted by atomic mass is 35.5. The number of carbonyl (C=O) groups is 1. The fourth-order valence-electron chi connectivity index (χ4n) is 4.33. The molecular formula is C29H29ClN2O2S. The quantitative estimate of drug-likeness (QED) is 0.278. The second kappa shape index (κ2) is 10.7. The lowest BCUT2D eigenvalue weighted by atomic mass is 9.72. The molecule has 0 spiro atoms. The summed E-state index contributed by atoms with van der Waals surface area (Å²) in [6, 6.07) is 14.7. The number of hydrogen-bond donors (Lipinski definition) is 1. The zero-order chi connectivity index (χ0) is 25.0. The van der Waals surface area contributed by atoms with E-state index in [9.17, 15) is 4.79 Å². The van der Waals surface area contributed by atoms with E-state index in [0.29, 0.717) is 32.9 Å². The summed E-state index contributed by atoms with van der Waals surface area (Å²) in [4.78, 5) is 19.5. The summed E-state index contributed by atoms with van der Waals surface area (Å²) in [5.41, 5.74) is 3.50. The van der Waals surface area contributed by atoms with Gasteiger partial charge in [0.2, 0.25) is 0 Å². The van der Waals surface area contributed by atoms with Crippen molar-refractivity contribution < 1.29 is 9.53 Å². The third-order valence-electron chi connectivity index (χ3n) is 6.35. The smallest absolute Gasteiger partial charge is 0.259 e. The maximum atomic E-state index is 13.5. The number of para-hydroxylation sites is 1. The van der Waals surface area contributed by atoms with E-state index in [4.69, 9.17) is 27.8 Å². The fraction of sp³-hybridized carbons (Fsp3) is 0.310. The Morgan fingerprint density at radius 3 is 2.71 bits per heavy atom. The minimum atomic E-state index is -0.150. The number of halogens is 1. The molecule has 0 aliphatic heterocycles. The third kappa shape index (κ3) is 5.96. The van der Waals surface area contributed by atoms with E-state index in [1.807, 2.05) is 24.3 Å². The summed E-state index contributed by atoms with van der Waals surface area (Å²) in [5, 5.41) is 4.37. The lowest BCUT2D eigenvalue weighted by Gasteiger charge is -2.33. The highest BCUT2D eigenvalue weighted by Gasteiger charge is 2.33. The molecular weight excluding hydrogens is 476 g/mol. The number of benzene rings is 2. The molecule has 6 heteroatoms. The molecule has 0 fully saturated rings. The molecule has 4 nitrogen and oxygen atoms in total. The van der Waals surface area contributed by atoms with Crippen molar-refractivity contribution in [3.05, 3.63) is 75.1 Å². The van der Waals surface area contributed by atoms with E-state index in [-0.39, 0.29) is 17.9 Å². The molecule has 1 amide bonds. The maximum absolute atomic E-state index is 13.5. The first-order valence-corrected chi connectivity index (χ1v) is 12.9. The minimum Gasteiger partial charge on any atom is -0.480 e. The molecule has 0 radical (unpaired) electrons. The first kappa shape index (κ1) is 25.0. The molecule has 35 heavy (non-hydrogen) atoms. The monoisotopic (exact) mass is 504 g/mol. The van der Waals surface area contributed by atoms with Gasteiger partial charge >= 0.3 is 0 Å². The highest BCUT2D eigenvalue weighted by Crippen LogP contribution is 2.45. The van der Waals surface area contributed by atoms with E-state index in [1.165, 1.54) is 4.88 Å². The van der Waals surface area contributed by atoms with E-state index in [1.54, 1.807) is 41.8 Å². The number of carbonyl (C=O) groups excluding carboxylic acids is 1. The highest BCUT2D eigenvalue weighted by molar-refractivity contribution is 7.16. The molecule has 180 valence electrons. The van der Waals surface area contributed by atoms with Gasteiger partial charge in [-0.3, -0.25) is 4.79 Å². The predicted molar refractivity (Wildman–Crippen MR) is 147 cm³/mol. The summed E-state index contributed by atoms with van der Waals surface area (Å²) >= 11 is 7.62. The molecule has 2 aromatic carbocycles. The zero-order valence-electron chi connectivity index (χ0n) is 20.2. The van der Waals surface area contributed by atoms with Crippen LogP contribution in [0.15, 0.2) is 53.5 Å². The first-order chi connectivity index (χ1) is 16.8. The molecule has 1 atom stereocenters. The Morgan fingerprint density at radius 1 is 1.26 bits per heavy atom. The Hall–Kier alpha value is -3.07. The maximum Gasteiger partial charge on any atom is 0.259 e. The van der Waals surface area contributed by atoms with Gasteiger partial charge in [-0.2, -0.15) is 0 Å². The summed E-state index contributed by atoms with van der Waals surface area (Å²) in [6.07, 6.45) is 9.99. The van der Waals surface area contributed by atoms with Crippen molar-refractivity contribution in [2.75, 3.05) is 11.9 Å². The number of fused-ring (bicyclic) bond motifs is 1. The molecule has 1 aliphatic carbocycles. The topological polar surface area (TPSA) is 50.7 Å². The van der Waals surface area contributed by atoms with Crippen LogP contribution in [0.2, 0.25) is 5.02 Å². The van der Waals surface area contributed by atoms with Gasteiger partial charge in [-0.1, -0.05) is 50.4 Å². The Balaban J connectivity index is 1.70. The van der Waals surface area contributed by atoms with Crippen LogP contribution in [-0.4, -0.2) is 18.7 Å². The standard InChI is InChI=1S/C29H29ClN2O2S/c1-5-16-34-24-9-7-6-8-19(24)18-31-28-26(27(33)32-22-13-11-21(30)12-14-22)23-15-10-20(29(2,3)4)17-25(23)35-28/h1,6-9,11-14,18,20H,10,15-17H2,2-4H3,(H,32,33)/t20-/m1/s1. The predicted octanol–water partition coefficient (Wildman–Crippen LogP) is 7.57. The lowest BCUT2D eigenvalue weighted by Crippen LogP contribution is -2.27. The minimum absolute atomic E-state index is 0.150. The largest absolute Gasteiger partial charge is 0.480 e. The van der Waals surface area contributed by atoms with Crippen LogP contribution in [-0.2, 0) is 12.8 Å². The number of hydrogen-bond acceptors (Lipinski definition) is 4. The average Bonchev–Trinajstić information content (AvgIpc) is 3.20. The zero-order valence-corrected chi connectivity index (χ0v) is 21.8. The number of thiophene rings is 1. The van der Waals surface area contributed by atoms with Crippen molar-refractivity contribution in [1.29, 1.82) is 0 Å². The fourth-order valence-corrected chi connectivity index (χ4v) is 5.72. The summed E-state index contributed by atoms with van der Waals surface area (Å²) in [7, 11) is 0. The molecule has 1 aromatic heterocycles. The van der Waals surface area contributed by atoms with Gasteiger partial charge in [0.05, 0.1) is 5.56 Å². The summed E-state index contributed by atoms with van der Waals surface area (Å²) in [6.45, 7) is 7.05. The lowest BCUT2D eigenvalue weighted by molar-refractivity contribution is 0.102. The van der Waals surface area contributed by atoms with Gasteiger partial charge in [0.25, 0.3) is 5.91 Å². The SMILES string of the molecule is C#CCOc1ccccc1C=Nc1sc2c(c1C(=O)Nc1ccc(Cl)cc1)CC[C@@H](C(C)(C)C)C2. The van der Waals surface area contributed by atoms with Crippen LogP contribution in [0.5, 0.6) is 5.75 Å². The van der Waals surface area contributed by atoms with Crippen molar-refractivity contribution >= 4 is 45.7 Å². The van der Waals surface area contributed by atoms with Crippen molar-refractivity contribution in [1.82, 2.24) is 0 Å².